The van der Waals surface area contributed by atoms with E-state index >= 15 is 0 Å². The fourth-order valence-electron chi connectivity index (χ4n) is 8.20. The van der Waals surface area contributed by atoms with Gasteiger partial charge in [-0.1, -0.05) is 42.8 Å². The van der Waals surface area contributed by atoms with Gasteiger partial charge in [-0.15, -0.1) is 0 Å². The number of carbonyl (C=O) groups excluding carboxylic acids is 3. The molecule has 3 aliphatic heterocycles. The topological polar surface area (TPSA) is 134 Å². The van der Waals surface area contributed by atoms with Crippen molar-refractivity contribution in [2.24, 2.45) is 0 Å². The molecule has 1 amide bonds. The summed E-state index contributed by atoms with van der Waals surface area (Å²) in [6.45, 7) is 11.5. The summed E-state index contributed by atoms with van der Waals surface area (Å²) in [5.74, 6) is 1.92. The first kappa shape index (κ1) is 46.5. The van der Waals surface area contributed by atoms with Crippen molar-refractivity contribution < 1.29 is 23.2 Å². The predicted molar refractivity (Wildman–Crippen MR) is 238 cm³/mol. The Bertz CT molecular complexity index is 2340. The molecule has 0 bridgehead atoms. The molecule has 324 valence electrons. The molecule has 2 saturated heterocycles. The van der Waals surface area contributed by atoms with Crippen LogP contribution in [0, 0.1) is 5.82 Å². The number of likely N-dealkylation sites (tertiary alicyclic amines) is 1. The van der Waals surface area contributed by atoms with Gasteiger partial charge < -0.3 is 24.8 Å². The molecule has 3 aromatic carbocycles. The molecule has 0 spiro atoms. The number of hydrogen-bond donors (Lipinski definition) is 1. The lowest BCUT2D eigenvalue weighted by Crippen LogP contribution is -2.46. The van der Waals surface area contributed by atoms with Gasteiger partial charge in [0.25, 0.3) is 5.56 Å². The zero-order valence-corrected chi connectivity index (χ0v) is 36.5. The van der Waals surface area contributed by atoms with Crippen LogP contribution in [0.5, 0.6) is 0 Å². The fourth-order valence-corrected chi connectivity index (χ4v) is 8.45. The maximum atomic E-state index is 14.5. The molecular weight excluding hydrogens is 802 g/mol. The monoisotopic (exact) mass is 856 g/mol. The Labute approximate surface area is 361 Å². The van der Waals surface area contributed by atoms with E-state index in [1.54, 1.807) is 25.4 Å². The second-order valence-electron chi connectivity index (χ2n) is 15.8. The molecular formula is C46H55ClF2N8O4. The largest absolute Gasteiger partial charge is 0.368 e. The average molecular weight is 857 g/mol. The Kier molecular flexibility index (Phi) is 16.2. The summed E-state index contributed by atoms with van der Waals surface area (Å²) in [6, 6.07) is 17.8. The van der Waals surface area contributed by atoms with E-state index in [1.807, 2.05) is 31.2 Å². The number of aldehydes is 2. The lowest BCUT2D eigenvalue weighted by Gasteiger charge is -2.36. The van der Waals surface area contributed by atoms with Crippen LogP contribution >= 0.6 is 11.6 Å². The smallest absolute Gasteiger partial charge is 0.282 e. The van der Waals surface area contributed by atoms with Crippen LogP contribution in [-0.2, 0) is 15.0 Å². The summed E-state index contributed by atoms with van der Waals surface area (Å²) >= 11 is 6.37. The van der Waals surface area contributed by atoms with Crippen LogP contribution in [0.1, 0.15) is 91.3 Å². The van der Waals surface area contributed by atoms with E-state index in [-0.39, 0.29) is 22.7 Å². The molecule has 61 heavy (non-hydrogen) atoms. The van der Waals surface area contributed by atoms with Crippen molar-refractivity contribution in [2.75, 3.05) is 70.3 Å². The summed E-state index contributed by atoms with van der Waals surface area (Å²) in [4.78, 5) is 62.4. The molecule has 1 unspecified atom stereocenters. The van der Waals surface area contributed by atoms with E-state index < -0.39 is 0 Å². The molecule has 5 heterocycles. The third kappa shape index (κ3) is 10.5. The van der Waals surface area contributed by atoms with E-state index in [4.69, 9.17) is 16.4 Å². The minimum absolute atomic E-state index is 0.0222. The highest BCUT2D eigenvalue weighted by molar-refractivity contribution is 6.35. The van der Waals surface area contributed by atoms with Gasteiger partial charge in [0.05, 0.1) is 46.6 Å². The second kappa shape index (κ2) is 21.3. The number of halogens is 3. The van der Waals surface area contributed by atoms with Gasteiger partial charge in [-0.3, -0.25) is 23.3 Å². The van der Waals surface area contributed by atoms with E-state index in [2.05, 4.69) is 78.6 Å². The maximum absolute atomic E-state index is 14.5. The van der Waals surface area contributed by atoms with Gasteiger partial charge in [0.1, 0.15) is 29.4 Å². The van der Waals surface area contributed by atoms with Crippen molar-refractivity contribution in [1.82, 2.24) is 29.7 Å². The SMILES string of the molecule is CC(CCC=O)c1ccc(N2CCN(c3cnc(C=O)cn3)CC2)cc1F.CF.CN1CCC(c2ccc3c(c2)-n2c(nc(=O)c4c(Cl)cccc42)C3(C)C)CC1.CNC=O. The zero-order chi connectivity index (χ0) is 44.3. The number of alkyl halides is 1. The van der Waals surface area contributed by atoms with Crippen LogP contribution in [0.15, 0.2) is 71.8 Å². The Hall–Kier alpha value is -5.60. The number of amides is 1. The van der Waals surface area contributed by atoms with E-state index in [0.717, 1.165) is 74.1 Å². The van der Waals surface area contributed by atoms with Crippen LogP contribution in [0.25, 0.3) is 16.6 Å². The summed E-state index contributed by atoms with van der Waals surface area (Å²) in [5.41, 5.74) is 5.83. The number of rotatable bonds is 9. The van der Waals surface area contributed by atoms with Gasteiger partial charge in [0.2, 0.25) is 6.41 Å². The molecule has 1 N–H and O–H groups in total. The van der Waals surface area contributed by atoms with Gasteiger partial charge in [0.15, 0.2) is 6.29 Å². The molecule has 0 saturated carbocycles. The van der Waals surface area contributed by atoms with Gasteiger partial charge >= 0.3 is 0 Å². The van der Waals surface area contributed by atoms with E-state index in [9.17, 15) is 23.2 Å². The highest BCUT2D eigenvalue weighted by Gasteiger charge is 2.39. The van der Waals surface area contributed by atoms with Gasteiger partial charge in [0, 0.05) is 45.3 Å². The number of piperazine rings is 1. The Morgan fingerprint density at radius 1 is 0.934 bits per heavy atom. The summed E-state index contributed by atoms with van der Waals surface area (Å²) < 4.78 is 26.2. The number of fused-ring (bicyclic) bond motifs is 5. The minimum atomic E-state index is -0.323. The lowest BCUT2D eigenvalue weighted by molar-refractivity contribution is -0.109. The van der Waals surface area contributed by atoms with Crippen LogP contribution in [-0.4, -0.2) is 104 Å². The first-order chi connectivity index (χ1) is 29.4. The molecule has 2 aromatic heterocycles. The first-order valence-corrected chi connectivity index (χ1v) is 20.8. The second-order valence-corrected chi connectivity index (χ2v) is 16.2. The number of carbonyl (C=O) groups is 3. The molecule has 8 rings (SSSR count). The van der Waals surface area contributed by atoms with E-state index in [1.165, 1.54) is 30.2 Å². The van der Waals surface area contributed by atoms with Crippen LogP contribution in [0.2, 0.25) is 5.02 Å². The molecule has 0 aliphatic carbocycles. The van der Waals surface area contributed by atoms with Crippen molar-refractivity contribution in [2.45, 2.75) is 63.7 Å². The predicted octanol–water partition coefficient (Wildman–Crippen LogP) is 7.27. The molecule has 3 aliphatic rings. The van der Waals surface area contributed by atoms with Crippen molar-refractivity contribution in [1.29, 1.82) is 0 Å². The van der Waals surface area contributed by atoms with Crippen LogP contribution in [0.3, 0.4) is 0 Å². The number of benzene rings is 3. The quantitative estimate of drug-likeness (QED) is 0.151. The summed E-state index contributed by atoms with van der Waals surface area (Å²) in [7, 11) is 4.25. The molecule has 2 fully saturated rings. The maximum Gasteiger partial charge on any atom is 0.282 e. The third-order valence-electron chi connectivity index (χ3n) is 11.6. The third-order valence-corrected chi connectivity index (χ3v) is 12.0. The standard InChI is InChI=1S/C23H24ClN3O.C20H23FN4O2.C2H5NO.CH3F/c1-23(2)16-8-7-15(14-9-11-26(3)12-10-14)13-19(16)27-18-6-4-5-17(24)20(18)21(28)25-22(23)27;1-15(3-2-10-26)18-5-4-17(11-19(18)21)24-6-8-25(9-7-24)20-13-22-16(14-27)12-23-20;1-3-2-4;1-2/h4-8,13-14H,9-12H2,1-3H3;4-5,10-15H,2-3,6-9H2,1H3;2H,1H3,(H,3,4);1H3. The lowest BCUT2D eigenvalue weighted by atomic mass is 9.83. The first-order valence-electron chi connectivity index (χ1n) is 20.5. The Morgan fingerprint density at radius 3 is 2.23 bits per heavy atom. The number of anilines is 2. The van der Waals surface area contributed by atoms with Crippen LogP contribution < -0.4 is 20.7 Å². The Morgan fingerprint density at radius 2 is 1.62 bits per heavy atom. The minimum Gasteiger partial charge on any atom is -0.368 e. The molecule has 5 aromatic rings. The van der Waals surface area contributed by atoms with Crippen molar-refractivity contribution in [3.8, 4) is 5.69 Å². The summed E-state index contributed by atoms with van der Waals surface area (Å²) in [5, 5.41) is 3.21. The zero-order valence-electron chi connectivity index (χ0n) is 35.7. The number of nitrogens with zero attached hydrogens (tertiary/aromatic N) is 7. The van der Waals surface area contributed by atoms with Crippen molar-refractivity contribution >= 4 is 53.0 Å². The molecule has 0 radical (unpaired) electrons. The molecule has 15 heteroatoms. The van der Waals surface area contributed by atoms with Gasteiger partial charge in [-0.25, -0.2) is 14.4 Å². The van der Waals surface area contributed by atoms with Crippen molar-refractivity contribution in [3.05, 3.63) is 116 Å². The van der Waals surface area contributed by atoms with E-state index in [0.29, 0.717) is 60.3 Å². The number of aromatic nitrogens is 4. The van der Waals surface area contributed by atoms with Crippen LogP contribution in [0.4, 0.5) is 20.3 Å². The normalized spacial score (nSPS) is 16.0. The molecule has 12 nitrogen and oxygen atoms in total. The highest BCUT2D eigenvalue weighted by atomic mass is 35.5. The highest BCUT2D eigenvalue weighted by Crippen LogP contribution is 2.44. The average Bonchev–Trinajstić information content (AvgIpc) is 3.51. The van der Waals surface area contributed by atoms with Gasteiger partial charge in [-0.05, 0) is 112 Å². The Balaban J connectivity index is 0.000000205. The summed E-state index contributed by atoms with van der Waals surface area (Å²) in [6.07, 6.45) is 8.71. The number of hydrogen-bond acceptors (Lipinski definition) is 10. The van der Waals surface area contributed by atoms with Crippen molar-refractivity contribution in [3.63, 3.8) is 0 Å². The molecule has 1 atom stereocenters. The number of piperidine rings is 1. The van der Waals surface area contributed by atoms with Gasteiger partial charge in [-0.2, -0.15) is 4.98 Å². The number of nitrogens with one attached hydrogen (secondary N) is 1. The fraction of sp³-hybridized carbons (Fsp3) is 0.413.